The average Bonchev–Trinajstić information content (AvgIpc) is 2.36. The number of aliphatic hydroxyl groups excluding tert-OH is 1. The zero-order valence-electron chi connectivity index (χ0n) is 12.2. The number of amides is 1. The molecule has 19 heavy (non-hydrogen) atoms. The summed E-state index contributed by atoms with van der Waals surface area (Å²) < 4.78 is 0. The first-order chi connectivity index (χ1) is 9.00. The lowest BCUT2D eigenvalue weighted by atomic mass is 9.95. The summed E-state index contributed by atoms with van der Waals surface area (Å²) in [7, 11) is 0. The lowest BCUT2D eigenvalue weighted by molar-refractivity contribution is -0.135. The minimum absolute atomic E-state index is 0.164. The van der Waals surface area contributed by atoms with Crippen LogP contribution in [0.15, 0.2) is 0 Å². The van der Waals surface area contributed by atoms with Crippen LogP contribution in [0.5, 0.6) is 0 Å². The van der Waals surface area contributed by atoms with E-state index >= 15 is 0 Å². The molecule has 0 aromatic carbocycles. The van der Waals surface area contributed by atoms with Crippen molar-refractivity contribution in [1.29, 1.82) is 0 Å². The number of ketones is 1. The number of hydrogen-bond acceptors (Lipinski definition) is 3. The molecule has 1 aliphatic heterocycles. The average molecular weight is 269 g/mol. The second-order valence-corrected chi connectivity index (χ2v) is 5.79. The lowest BCUT2D eigenvalue weighted by Gasteiger charge is -2.34. The van der Waals surface area contributed by atoms with E-state index in [1.165, 1.54) is 0 Å². The maximum Gasteiger partial charge on any atom is 0.222 e. The molecule has 0 aromatic heterocycles. The van der Waals surface area contributed by atoms with Crippen molar-refractivity contribution in [3.63, 3.8) is 0 Å². The Kier molecular flexibility index (Phi) is 7.06. The topological polar surface area (TPSA) is 57.6 Å². The molecule has 2 atom stereocenters. The Morgan fingerprint density at radius 3 is 2.37 bits per heavy atom. The van der Waals surface area contributed by atoms with E-state index in [1.54, 1.807) is 11.8 Å². The first-order valence-electron chi connectivity index (χ1n) is 7.46. The van der Waals surface area contributed by atoms with Gasteiger partial charge in [0, 0.05) is 25.9 Å². The zero-order valence-corrected chi connectivity index (χ0v) is 12.2. The van der Waals surface area contributed by atoms with Gasteiger partial charge in [0.2, 0.25) is 5.91 Å². The molecule has 4 heteroatoms. The van der Waals surface area contributed by atoms with E-state index in [2.05, 4.69) is 0 Å². The number of β-amino-alcohol motifs (C(OH)–C–C–N with tert-alkyl or cyclic N) is 1. The third kappa shape index (κ3) is 6.19. The summed E-state index contributed by atoms with van der Waals surface area (Å²) in [6, 6.07) is 0. The predicted molar refractivity (Wildman–Crippen MR) is 74.8 cm³/mol. The molecular formula is C15H27NO3. The molecule has 0 spiro atoms. The largest absolute Gasteiger partial charge is 0.391 e. The van der Waals surface area contributed by atoms with E-state index in [0.717, 1.165) is 38.6 Å². The fourth-order valence-corrected chi connectivity index (χ4v) is 2.44. The van der Waals surface area contributed by atoms with Crippen LogP contribution in [-0.4, -0.2) is 40.9 Å². The fraction of sp³-hybridized carbons (Fsp3) is 0.867. The van der Waals surface area contributed by atoms with E-state index in [4.69, 9.17) is 0 Å². The Morgan fingerprint density at radius 1 is 1.16 bits per heavy atom. The van der Waals surface area contributed by atoms with Gasteiger partial charge in [0.15, 0.2) is 0 Å². The van der Waals surface area contributed by atoms with Gasteiger partial charge in [-0.2, -0.15) is 0 Å². The SMILES string of the molecule is CC(=O)CCCCCCC(=O)N1CCC(C)C(O)C1. The van der Waals surface area contributed by atoms with Crippen LogP contribution in [0.2, 0.25) is 0 Å². The maximum absolute atomic E-state index is 12.0. The molecule has 0 saturated carbocycles. The summed E-state index contributed by atoms with van der Waals surface area (Å²) in [6.45, 7) is 4.92. The van der Waals surface area contributed by atoms with Gasteiger partial charge < -0.3 is 14.8 Å². The number of unbranched alkanes of at least 4 members (excludes halogenated alkanes) is 3. The van der Waals surface area contributed by atoms with Crippen molar-refractivity contribution in [2.45, 2.75) is 64.9 Å². The van der Waals surface area contributed by atoms with Crippen LogP contribution in [0, 0.1) is 5.92 Å². The van der Waals surface area contributed by atoms with Gasteiger partial charge in [-0.05, 0) is 32.1 Å². The molecule has 0 aromatic rings. The third-order valence-electron chi connectivity index (χ3n) is 3.94. The first kappa shape index (κ1) is 16.2. The van der Waals surface area contributed by atoms with Crippen LogP contribution >= 0.6 is 0 Å². The van der Waals surface area contributed by atoms with E-state index in [-0.39, 0.29) is 17.8 Å². The first-order valence-corrected chi connectivity index (χ1v) is 7.46. The van der Waals surface area contributed by atoms with Crippen LogP contribution in [-0.2, 0) is 9.59 Å². The number of likely N-dealkylation sites (tertiary alicyclic amines) is 1. The van der Waals surface area contributed by atoms with Gasteiger partial charge in [0.05, 0.1) is 6.10 Å². The predicted octanol–water partition coefficient (Wildman–Crippen LogP) is 2.15. The number of carbonyl (C=O) groups is 2. The lowest BCUT2D eigenvalue weighted by Crippen LogP contribution is -2.45. The quantitative estimate of drug-likeness (QED) is 0.720. The van der Waals surface area contributed by atoms with Gasteiger partial charge in [0.1, 0.15) is 5.78 Å². The number of Topliss-reactive ketones (excluding diaryl/α,β-unsaturated/α-hetero) is 1. The number of hydrogen-bond donors (Lipinski definition) is 1. The molecule has 0 bridgehead atoms. The molecular weight excluding hydrogens is 242 g/mol. The fourth-order valence-electron chi connectivity index (χ4n) is 2.44. The van der Waals surface area contributed by atoms with E-state index in [0.29, 0.717) is 25.3 Å². The monoisotopic (exact) mass is 269 g/mol. The minimum Gasteiger partial charge on any atom is -0.391 e. The van der Waals surface area contributed by atoms with Crippen molar-refractivity contribution in [3.05, 3.63) is 0 Å². The highest BCUT2D eigenvalue weighted by atomic mass is 16.3. The van der Waals surface area contributed by atoms with Crippen molar-refractivity contribution < 1.29 is 14.7 Å². The molecule has 4 nitrogen and oxygen atoms in total. The highest BCUT2D eigenvalue weighted by Crippen LogP contribution is 2.18. The summed E-state index contributed by atoms with van der Waals surface area (Å²) in [4.78, 5) is 24.5. The summed E-state index contributed by atoms with van der Waals surface area (Å²) in [5.41, 5.74) is 0. The summed E-state index contributed by atoms with van der Waals surface area (Å²) in [5, 5.41) is 9.76. The van der Waals surface area contributed by atoms with E-state index in [1.807, 2.05) is 6.92 Å². The zero-order chi connectivity index (χ0) is 14.3. The number of aliphatic hydroxyl groups is 1. The molecule has 1 saturated heterocycles. The summed E-state index contributed by atoms with van der Waals surface area (Å²) in [6.07, 6.45) is 5.60. The summed E-state index contributed by atoms with van der Waals surface area (Å²) in [5.74, 6) is 0.709. The maximum atomic E-state index is 12.0. The molecule has 1 heterocycles. The highest BCUT2D eigenvalue weighted by molar-refractivity contribution is 5.76. The van der Waals surface area contributed by atoms with Gasteiger partial charge >= 0.3 is 0 Å². The highest BCUT2D eigenvalue weighted by Gasteiger charge is 2.26. The molecule has 1 aliphatic rings. The molecule has 1 N–H and O–H groups in total. The Labute approximate surface area is 116 Å². The molecule has 110 valence electrons. The van der Waals surface area contributed by atoms with Gasteiger partial charge in [-0.15, -0.1) is 0 Å². The Bertz CT molecular complexity index is 304. The Hall–Kier alpha value is -0.900. The number of carbonyl (C=O) groups excluding carboxylic acids is 2. The molecule has 2 unspecified atom stereocenters. The normalized spacial score (nSPS) is 23.4. The Balaban J connectivity index is 2.09. The van der Waals surface area contributed by atoms with Gasteiger partial charge in [0.25, 0.3) is 0 Å². The van der Waals surface area contributed by atoms with Gasteiger partial charge in [-0.25, -0.2) is 0 Å². The minimum atomic E-state index is -0.367. The van der Waals surface area contributed by atoms with Crippen LogP contribution in [0.1, 0.15) is 58.8 Å². The van der Waals surface area contributed by atoms with Gasteiger partial charge in [-0.1, -0.05) is 19.8 Å². The molecule has 0 radical (unpaired) electrons. The van der Waals surface area contributed by atoms with Crippen molar-refractivity contribution >= 4 is 11.7 Å². The third-order valence-corrected chi connectivity index (χ3v) is 3.94. The molecule has 1 rings (SSSR count). The van der Waals surface area contributed by atoms with Crippen LogP contribution in [0.25, 0.3) is 0 Å². The number of nitrogens with zero attached hydrogens (tertiary/aromatic N) is 1. The number of rotatable bonds is 7. The van der Waals surface area contributed by atoms with Crippen LogP contribution in [0.3, 0.4) is 0 Å². The van der Waals surface area contributed by atoms with Crippen molar-refractivity contribution in [2.24, 2.45) is 5.92 Å². The second-order valence-electron chi connectivity index (χ2n) is 5.79. The van der Waals surface area contributed by atoms with E-state index < -0.39 is 0 Å². The molecule has 1 amide bonds. The standard InChI is InChI=1S/C15H27NO3/c1-12-9-10-16(11-14(12)18)15(19)8-6-4-3-5-7-13(2)17/h12,14,18H,3-11H2,1-2H3. The second kappa shape index (κ2) is 8.31. The van der Waals surface area contributed by atoms with Crippen LogP contribution < -0.4 is 0 Å². The molecule has 1 fully saturated rings. The van der Waals surface area contributed by atoms with Crippen molar-refractivity contribution in [3.8, 4) is 0 Å². The smallest absolute Gasteiger partial charge is 0.222 e. The Morgan fingerprint density at radius 2 is 1.79 bits per heavy atom. The van der Waals surface area contributed by atoms with Crippen molar-refractivity contribution in [1.82, 2.24) is 4.90 Å². The van der Waals surface area contributed by atoms with Crippen molar-refractivity contribution in [2.75, 3.05) is 13.1 Å². The van der Waals surface area contributed by atoms with E-state index in [9.17, 15) is 14.7 Å². The number of piperidine rings is 1. The molecule has 0 aliphatic carbocycles. The van der Waals surface area contributed by atoms with Gasteiger partial charge in [-0.3, -0.25) is 4.79 Å². The summed E-state index contributed by atoms with van der Waals surface area (Å²) >= 11 is 0. The van der Waals surface area contributed by atoms with Crippen LogP contribution in [0.4, 0.5) is 0 Å².